The third-order valence-electron chi connectivity index (χ3n) is 1.43. The number of carbonyl (C=O) groups excluding carboxylic acids is 1. The molecule has 14 heavy (non-hydrogen) atoms. The van der Waals surface area contributed by atoms with Crippen molar-refractivity contribution in [3.63, 3.8) is 0 Å². The number of ketones is 1. The van der Waals surface area contributed by atoms with E-state index in [9.17, 15) is 13.6 Å². The molecular formula is C8H3BrCl2F2O. The molecule has 0 saturated carbocycles. The lowest BCUT2D eigenvalue weighted by Gasteiger charge is -2.08. The lowest BCUT2D eigenvalue weighted by atomic mass is 10.1. The predicted octanol–water partition coefficient (Wildman–Crippen LogP) is 4.16. The SMILES string of the molecule is O=C(c1ccc(Cl)cc1Cl)C(F)(F)Br. The second kappa shape index (κ2) is 4.13. The summed E-state index contributed by atoms with van der Waals surface area (Å²) < 4.78 is 25.1. The quantitative estimate of drug-likeness (QED) is 0.592. The minimum atomic E-state index is -3.61. The van der Waals surface area contributed by atoms with E-state index >= 15 is 0 Å². The molecule has 76 valence electrons. The normalized spacial score (nSPS) is 11.5. The number of carbonyl (C=O) groups is 1. The molecule has 6 heteroatoms. The monoisotopic (exact) mass is 302 g/mol. The minimum absolute atomic E-state index is 0.0957. The number of hydrogen-bond acceptors (Lipinski definition) is 1. The molecule has 0 unspecified atom stereocenters. The van der Waals surface area contributed by atoms with Gasteiger partial charge in [-0.25, -0.2) is 0 Å². The molecule has 0 atom stereocenters. The first-order chi connectivity index (χ1) is 6.32. The molecule has 1 nitrogen and oxygen atoms in total. The molecule has 0 aliphatic carbocycles. The maximum absolute atomic E-state index is 12.6. The summed E-state index contributed by atoms with van der Waals surface area (Å²) in [5, 5.41) is 0.186. The number of Topliss-reactive ketones (excluding diaryl/α,β-unsaturated/α-hetero) is 1. The summed E-state index contributed by atoms with van der Waals surface area (Å²) in [4.78, 5) is 7.47. The first-order valence-corrected chi connectivity index (χ1v) is 4.94. The van der Waals surface area contributed by atoms with E-state index in [0.717, 1.165) is 6.07 Å². The molecule has 0 heterocycles. The molecule has 1 rings (SSSR count). The van der Waals surface area contributed by atoms with E-state index < -0.39 is 10.6 Å². The highest BCUT2D eigenvalue weighted by atomic mass is 79.9. The van der Waals surface area contributed by atoms with Gasteiger partial charge in [-0.3, -0.25) is 4.79 Å². The number of alkyl halides is 3. The average molecular weight is 304 g/mol. The average Bonchev–Trinajstić information content (AvgIpc) is 2.01. The topological polar surface area (TPSA) is 17.1 Å². The van der Waals surface area contributed by atoms with Crippen molar-refractivity contribution < 1.29 is 13.6 Å². The van der Waals surface area contributed by atoms with Gasteiger partial charge in [-0.15, -0.1) is 0 Å². The van der Waals surface area contributed by atoms with Crippen molar-refractivity contribution in [3.8, 4) is 0 Å². The Hall–Kier alpha value is -0.190. The van der Waals surface area contributed by atoms with Gasteiger partial charge < -0.3 is 0 Å². The molecule has 1 aromatic carbocycles. The number of rotatable bonds is 2. The third-order valence-corrected chi connectivity index (χ3v) is 2.34. The zero-order chi connectivity index (χ0) is 10.9. The van der Waals surface area contributed by atoms with Gasteiger partial charge in [0.05, 0.1) is 5.02 Å². The second-order valence-corrected chi connectivity index (χ2v) is 4.29. The molecule has 0 radical (unpaired) electrons. The van der Waals surface area contributed by atoms with Crippen LogP contribution in [-0.4, -0.2) is 10.6 Å². The van der Waals surface area contributed by atoms with E-state index in [2.05, 4.69) is 0 Å². The number of hydrogen-bond donors (Lipinski definition) is 0. The fourth-order valence-corrected chi connectivity index (χ4v) is 1.53. The van der Waals surface area contributed by atoms with Crippen molar-refractivity contribution in [3.05, 3.63) is 33.8 Å². The van der Waals surface area contributed by atoms with Gasteiger partial charge in [-0.05, 0) is 34.1 Å². The van der Waals surface area contributed by atoms with Gasteiger partial charge in [0.2, 0.25) is 5.78 Å². The lowest BCUT2D eigenvalue weighted by Crippen LogP contribution is -2.21. The summed E-state index contributed by atoms with van der Waals surface area (Å²) >= 11 is 13.1. The summed E-state index contributed by atoms with van der Waals surface area (Å²) in [5.41, 5.74) is -0.266. The Labute approximate surface area is 97.1 Å². The molecule has 0 aromatic heterocycles. The van der Waals surface area contributed by atoms with E-state index in [1.165, 1.54) is 12.1 Å². The molecule has 1 aromatic rings. The Morgan fingerprint density at radius 2 is 1.93 bits per heavy atom. The van der Waals surface area contributed by atoms with Crippen LogP contribution in [0.25, 0.3) is 0 Å². The van der Waals surface area contributed by atoms with Crippen molar-refractivity contribution in [1.29, 1.82) is 0 Å². The highest BCUT2D eigenvalue weighted by molar-refractivity contribution is 9.10. The largest absolute Gasteiger partial charge is 0.363 e. The number of benzene rings is 1. The van der Waals surface area contributed by atoms with Crippen molar-refractivity contribution in [2.45, 2.75) is 4.83 Å². The van der Waals surface area contributed by atoms with Crippen LogP contribution >= 0.6 is 39.1 Å². The second-order valence-electron chi connectivity index (χ2n) is 2.45. The van der Waals surface area contributed by atoms with Gasteiger partial charge in [0.25, 0.3) is 0 Å². The Balaban J connectivity index is 3.15. The zero-order valence-corrected chi connectivity index (χ0v) is 9.63. The maximum Gasteiger partial charge on any atom is 0.363 e. The zero-order valence-electron chi connectivity index (χ0n) is 6.53. The van der Waals surface area contributed by atoms with Gasteiger partial charge in [0.15, 0.2) is 0 Å². The van der Waals surface area contributed by atoms with Gasteiger partial charge in [-0.1, -0.05) is 23.2 Å². The van der Waals surface area contributed by atoms with E-state index in [1.807, 2.05) is 15.9 Å². The van der Waals surface area contributed by atoms with Crippen LogP contribution in [0.4, 0.5) is 8.78 Å². The van der Waals surface area contributed by atoms with Crippen LogP contribution in [0.1, 0.15) is 10.4 Å². The van der Waals surface area contributed by atoms with Crippen LogP contribution in [0.15, 0.2) is 18.2 Å². The van der Waals surface area contributed by atoms with Gasteiger partial charge in [0.1, 0.15) is 0 Å². The van der Waals surface area contributed by atoms with Crippen LogP contribution in [0, 0.1) is 0 Å². The highest BCUT2D eigenvalue weighted by Gasteiger charge is 2.36. The summed E-state index contributed by atoms with van der Waals surface area (Å²) in [6, 6.07) is 3.71. The van der Waals surface area contributed by atoms with Crippen LogP contribution < -0.4 is 0 Å². The molecule has 0 fully saturated rings. The summed E-state index contributed by atoms with van der Waals surface area (Å²) in [5.74, 6) is -1.39. The smallest absolute Gasteiger partial charge is 0.286 e. The van der Waals surface area contributed by atoms with Crippen molar-refractivity contribution in [1.82, 2.24) is 0 Å². The fourth-order valence-electron chi connectivity index (χ4n) is 0.826. The van der Waals surface area contributed by atoms with Gasteiger partial charge in [-0.2, -0.15) is 8.78 Å². The first kappa shape index (κ1) is 11.9. The molecule has 0 N–H and O–H groups in total. The van der Waals surface area contributed by atoms with E-state index in [4.69, 9.17) is 23.2 Å². The van der Waals surface area contributed by atoms with Gasteiger partial charge in [0, 0.05) is 10.6 Å². The Kier molecular flexibility index (Phi) is 3.50. The molecule has 0 aliphatic rings. The van der Waals surface area contributed by atoms with E-state index in [1.54, 1.807) is 0 Å². The van der Waals surface area contributed by atoms with Crippen molar-refractivity contribution in [2.75, 3.05) is 0 Å². The molecule has 0 aliphatic heterocycles. The summed E-state index contributed by atoms with van der Waals surface area (Å²) in [6.07, 6.45) is 0. The maximum atomic E-state index is 12.6. The fraction of sp³-hybridized carbons (Fsp3) is 0.125. The molecule has 0 saturated heterocycles. The van der Waals surface area contributed by atoms with E-state index in [-0.39, 0.29) is 15.6 Å². The number of halogens is 5. The Morgan fingerprint density at radius 3 is 2.36 bits per heavy atom. The summed E-state index contributed by atoms with van der Waals surface area (Å²) in [7, 11) is 0. The lowest BCUT2D eigenvalue weighted by molar-refractivity contribution is 0.0593. The Morgan fingerprint density at radius 1 is 1.36 bits per heavy atom. The van der Waals surface area contributed by atoms with Crippen molar-refractivity contribution in [2.24, 2.45) is 0 Å². The third kappa shape index (κ3) is 2.65. The first-order valence-electron chi connectivity index (χ1n) is 3.39. The molecule has 0 bridgehead atoms. The highest BCUT2D eigenvalue weighted by Crippen LogP contribution is 2.31. The minimum Gasteiger partial charge on any atom is -0.286 e. The standard InChI is InChI=1S/C8H3BrCl2F2O/c9-8(12,13)7(14)5-2-1-4(10)3-6(5)11/h1-3H. The van der Waals surface area contributed by atoms with Crippen LogP contribution in [-0.2, 0) is 0 Å². The van der Waals surface area contributed by atoms with Crippen LogP contribution in [0.2, 0.25) is 10.0 Å². The Bertz CT molecular complexity index is 376. The molecular weight excluding hydrogens is 301 g/mol. The van der Waals surface area contributed by atoms with Gasteiger partial charge >= 0.3 is 4.83 Å². The van der Waals surface area contributed by atoms with Crippen molar-refractivity contribution >= 4 is 44.9 Å². The molecule has 0 amide bonds. The van der Waals surface area contributed by atoms with Crippen LogP contribution in [0.3, 0.4) is 0 Å². The summed E-state index contributed by atoms with van der Waals surface area (Å²) in [6.45, 7) is 0. The molecule has 0 spiro atoms. The van der Waals surface area contributed by atoms with E-state index in [0.29, 0.717) is 0 Å². The predicted molar refractivity (Wildman–Crippen MR) is 54.7 cm³/mol. The van der Waals surface area contributed by atoms with Crippen LogP contribution in [0.5, 0.6) is 0 Å².